The highest BCUT2D eigenvalue weighted by Gasteiger charge is 2.64. The van der Waals surface area contributed by atoms with Gasteiger partial charge in [-0.2, -0.15) is 5.26 Å². The molecule has 0 spiro atoms. The van der Waals surface area contributed by atoms with Crippen molar-refractivity contribution in [2.24, 2.45) is 10.8 Å². The van der Waals surface area contributed by atoms with E-state index in [0.29, 0.717) is 29.0 Å². The summed E-state index contributed by atoms with van der Waals surface area (Å²) in [5.41, 5.74) is 4.01. The molecule has 13 heteroatoms. The van der Waals surface area contributed by atoms with Crippen LogP contribution in [-0.4, -0.2) is 95.3 Å². The number of nitrogens with one attached hydrogen (secondary N) is 2. The van der Waals surface area contributed by atoms with Crippen LogP contribution in [0.3, 0.4) is 0 Å². The molecule has 2 saturated heterocycles. The number of amides is 5. The zero-order valence-corrected chi connectivity index (χ0v) is 36.2. The van der Waals surface area contributed by atoms with Gasteiger partial charge in [-0.05, 0) is 105 Å². The lowest BCUT2D eigenvalue weighted by atomic mass is 9.49. The molecule has 5 amide bonds. The average Bonchev–Trinajstić information content (AvgIpc) is 3.45. The van der Waals surface area contributed by atoms with Crippen molar-refractivity contribution >= 4 is 35.2 Å². The number of aryl methyl sites for hydroxylation is 2. The van der Waals surface area contributed by atoms with Crippen LogP contribution < -0.4 is 25.0 Å². The quantitative estimate of drug-likeness (QED) is 0.217. The number of anilines is 1. The molecule has 0 radical (unpaired) electrons. The van der Waals surface area contributed by atoms with E-state index in [0.717, 1.165) is 72.8 Å². The lowest BCUT2D eigenvalue weighted by Crippen LogP contribution is -2.74. The van der Waals surface area contributed by atoms with Crippen molar-refractivity contribution in [3.8, 4) is 17.6 Å². The molecule has 8 rings (SSSR count). The Bertz CT molecular complexity index is 2280. The van der Waals surface area contributed by atoms with Crippen LogP contribution in [0.15, 0.2) is 54.6 Å². The van der Waals surface area contributed by atoms with Gasteiger partial charge in [-0.15, -0.1) is 0 Å². The Labute approximate surface area is 357 Å². The number of nitriles is 1. The molecule has 2 aliphatic carbocycles. The van der Waals surface area contributed by atoms with Crippen molar-refractivity contribution < 1.29 is 33.4 Å². The predicted octanol–water partition coefficient (Wildman–Crippen LogP) is 6.09. The van der Waals surface area contributed by atoms with E-state index in [9.17, 15) is 29.2 Å². The maximum atomic E-state index is 13.6. The highest BCUT2D eigenvalue weighted by molar-refractivity contribution is 6.23. The fraction of sp³-hybridized carbons (Fsp3) is 0.500. The number of fused-ring (bicyclic) bond motifs is 1. The number of rotatable bonds is 11. The summed E-state index contributed by atoms with van der Waals surface area (Å²) in [5.74, 6) is -0.938. The van der Waals surface area contributed by atoms with Crippen LogP contribution in [0.5, 0.6) is 11.5 Å². The summed E-state index contributed by atoms with van der Waals surface area (Å²) in [5, 5.41) is 15.0. The van der Waals surface area contributed by atoms with Crippen LogP contribution in [0.4, 0.5) is 5.69 Å². The lowest BCUT2D eigenvalue weighted by molar-refractivity contribution is -0.164. The fourth-order valence-corrected chi connectivity index (χ4v) is 11.0. The summed E-state index contributed by atoms with van der Waals surface area (Å²) in [7, 11) is 0. The summed E-state index contributed by atoms with van der Waals surface area (Å²) in [6.45, 7) is 17.4. The molecule has 5 aliphatic rings. The van der Waals surface area contributed by atoms with Gasteiger partial charge in [-0.3, -0.25) is 39.1 Å². The summed E-state index contributed by atoms with van der Waals surface area (Å²) >= 11 is 0. The lowest BCUT2D eigenvalue weighted by Gasteiger charge is -2.63. The highest BCUT2D eigenvalue weighted by atomic mass is 16.5. The Morgan fingerprint density at radius 2 is 1.49 bits per heavy atom. The first-order valence-electron chi connectivity index (χ1n) is 21.6. The Morgan fingerprint density at radius 1 is 0.852 bits per heavy atom. The summed E-state index contributed by atoms with van der Waals surface area (Å²) in [4.78, 5) is 70.0. The van der Waals surface area contributed by atoms with Crippen LogP contribution >= 0.6 is 0 Å². The molecular weight excluding hydrogens is 773 g/mol. The molecule has 61 heavy (non-hydrogen) atoms. The molecule has 2 saturated carbocycles. The van der Waals surface area contributed by atoms with E-state index in [2.05, 4.69) is 61.1 Å². The van der Waals surface area contributed by atoms with Gasteiger partial charge in [0, 0.05) is 72.6 Å². The van der Waals surface area contributed by atoms with E-state index < -0.39 is 29.7 Å². The summed E-state index contributed by atoms with van der Waals surface area (Å²) in [6.07, 6.45) is 3.83. The number of nitrogens with zero attached hydrogens (tertiary/aromatic N) is 4. The van der Waals surface area contributed by atoms with Gasteiger partial charge in [0.2, 0.25) is 11.8 Å². The molecule has 13 nitrogen and oxygen atoms in total. The molecule has 320 valence electrons. The second-order valence-corrected chi connectivity index (χ2v) is 18.7. The smallest absolute Gasteiger partial charge is 0.262 e. The monoisotopic (exact) mass is 828 g/mol. The third-order valence-electron chi connectivity index (χ3n) is 14.0. The first-order chi connectivity index (χ1) is 29.0. The van der Waals surface area contributed by atoms with Gasteiger partial charge in [0.05, 0.1) is 22.8 Å². The Kier molecular flexibility index (Phi) is 11.0. The average molecular weight is 829 g/mol. The van der Waals surface area contributed by atoms with E-state index >= 15 is 0 Å². The zero-order valence-electron chi connectivity index (χ0n) is 36.2. The number of benzene rings is 3. The van der Waals surface area contributed by atoms with Crippen molar-refractivity contribution in [1.82, 2.24) is 20.4 Å². The van der Waals surface area contributed by atoms with Crippen LogP contribution in [-0.2, 0) is 9.59 Å². The van der Waals surface area contributed by atoms with Crippen LogP contribution in [0, 0.1) is 36.0 Å². The third kappa shape index (κ3) is 7.53. The van der Waals surface area contributed by atoms with Crippen molar-refractivity contribution in [3.63, 3.8) is 0 Å². The molecule has 0 aromatic heterocycles. The van der Waals surface area contributed by atoms with E-state index in [4.69, 9.17) is 9.47 Å². The molecule has 0 bridgehead atoms. The first kappa shape index (κ1) is 42.0. The highest BCUT2D eigenvalue weighted by Crippen LogP contribution is 2.55. The first-order valence-corrected chi connectivity index (χ1v) is 21.6. The topological polar surface area (TPSA) is 161 Å². The number of hydrogen-bond acceptors (Lipinski definition) is 10. The number of imide groups is 2. The van der Waals surface area contributed by atoms with Gasteiger partial charge < -0.3 is 19.7 Å². The molecule has 1 atom stereocenters. The van der Waals surface area contributed by atoms with E-state index in [1.807, 2.05) is 50.2 Å². The largest absolute Gasteiger partial charge is 0.490 e. The summed E-state index contributed by atoms with van der Waals surface area (Å²) in [6, 6.07) is 18.7. The van der Waals surface area contributed by atoms with E-state index in [1.54, 1.807) is 18.2 Å². The molecule has 2 N–H and O–H groups in total. The van der Waals surface area contributed by atoms with Crippen LogP contribution in [0.1, 0.15) is 121 Å². The molecule has 0 unspecified atom stereocenters. The minimum Gasteiger partial charge on any atom is -0.490 e. The van der Waals surface area contributed by atoms with Crippen LogP contribution in [0.25, 0.3) is 0 Å². The Balaban J connectivity index is 0.805. The van der Waals surface area contributed by atoms with Crippen molar-refractivity contribution in [1.29, 1.82) is 5.26 Å². The van der Waals surface area contributed by atoms with E-state index in [1.165, 1.54) is 0 Å². The molecular formula is C48H56N6O7. The number of hydrogen-bond donors (Lipinski definition) is 2. The van der Waals surface area contributed by atoms with Crippen LogP contribution in [0.2, 0.25) is 0 Å². The fourth-order valence-electron chi connectivity index (χ4n) is 11.0. The SMILES string of the molecule is CCN(C1CCN(c2ccc(C(=O)NC3C(C)(C)C(Oc4cc(C)c(C#N)c(C)c4)C3(C)C)cc2)CC1)C1CC(Oc2ccc3c(c2)C(=O)N([C@@H]2CCC(=O)NC2=O)C3=O)C1. The Hall–Kier alpha value is -5.74. The molecule has 4 fully saturated rings. The minimum absolute atomic E-state index is 0.00916. The number of carbonyl (C=O) groups excluding carboxylic acids is 5. The van der Waals surface area contributed by atoms with Gasteiger partial charge in [0.1, 0.15) is 29.7 Å². The minimum atomic E-state index is -1.00. The molecule has 3 aromatic carbocycles. The third-order valence-corrected chi connectivity index (χ3v) is 14.0. The number of ether oxygens (including phenoxy) is 2. The normalized spacial score (nSPS) is 25.6. The van der Waals surface area contributed by atoms with Gasteiger partial charge in [-0.1, -0.05) is 34.6 Å². The van der Waals surface area contributed by atoms with Gasteiger partial charge in [0.25, 0.3) is 17.7 Å². The van der Waals surface area contributed by atoms with Gasteiger partial charge in [-0.25, -0.2) is 0 Å². The second kappa shape index (κ2) is 15.9. The van der Waals surface area contributed by atoms with Crippen molar-refractivity contribution in [2.75, 3.05) is 24.5 Å². The second-order valence-electron chi connectivity index (χ2n) is 18.7. The Morgan fingerprint density at radius 3 is 2.10 bits per heavy atom. The van der Waals surface area contributed by atoms with Gasteiger partial charge in [0.15, 0.2) is 0 Å². The van der Waals surface area contributed by atoms with Gasteiger partial charge >= 0.3 is 0 Å². The predicted molar refractivity (Wildman–Crippen MR) is 228 cm³/mol. The molecule has 3 aromatic rings. The number of carbonyl (C=O) groups is 5. The maximum absolute atomic E-state index is 13.6. The molecule has 3 aliphatic heterocycles. The zero-order chi connectivity index (χ0) is 43.5. The van der Waals surface area contributed by atoms with Crippen molar-refractivity contribution in [3.05, 3.63) is 88.0 Å². The van der Waals surface area contributed by atoms with E-state index in [-0.39, 0.29) is 59.0 Å². The maximum Gasteiger partial charge on any atom is 0.262 e. The molecule has 3 heterocycles. The standard InChI is InChI=1S/C48H56N6O7/c1-8-53(32-23-35(24-32)60-33-13-14-36-37(25-33)44(59)54(43(36)58)39-15-16-40(55)50-42(39)57)31-17-19-52(20-18-31)30-11-9-29(10-12-30)41(56)51-45-47(4,5)46(48(45,6)7)61-34-21-27(2)38(26-49)28(3)22-34/h9-14,21-22,25,31-32,35,39,45-46H,8,15-20,23-24H2,1-7H3,(H,51,56)(H,50,55,57)/t32?,35?,39-,45?,46?/m1/s1. The van der Waals surface area contributed by atoms with Crippen molar-refractivity contribution in [2.45, 2.75) is 123 Å². The summed E-state index contributed by atoms with van der Waals surface area (Å²) < 4.78 is 12.8. The number of piperidine rings is 2.